The number of hydrogen-bond donors (Lipinski definition) is 2. The molecular weight excluding hydrogens is 404 g/mol. The number of rotatable bonds is 8. The van der Waals surface area contributed by atoms with E-state index in [4.69, 9.17) is 17.7 Å². The van der Waals surface area contributed by atoms with E-state index in [2.05, 4.69) is 22.8 Å². The second-order valence-corrected chi connectivity index (χ2v) is 7.56. The van der Waals surface area contributed by atoms with Crippen molar-refractivity contribution in [2.24, 2.45) is 0 Å². The molecule has 0 aromatic heterocycles. The van der Waals surface area contributed by atoms with Crippen molar-refractivity contribution in [3.05, 3.63) is 59.7 Å². The van der Waals surface area contributed by atoms with Crippen molar-refractivity contribution >= 4 is 29.4 Å². The minimum Gasteiger partial charge on any atom is -0.449 e. The summed E-state index contributed by atoms with van der Waals surface area (Å²) in [5.74, 6) is -2.00. The van der Waals surface area contributed by atoms with E-state index in [1.807, 2.05) is 36.4 Å². The lowest BCUT2D eigenvalue weighted by Gasteiger charge is -2.19. The average Bonchev–Trinajstić information content (AvgIpc) is 3.05. The van der Waals surface area contributed by atoms with Crippen LogP contribution in [0.5, 0.6) is 0 Å². The molecule has 0 spiro atoms. The Hall–Kier alpha value is -2.86. The Morgan fingerprint density at radius 3 is 2.13 bits per heavy atom. The van der Waals surface area contributed by atoms with Gasteiger partial charge in [-0.2, -0.15) is 0 Å². The molecule has 3 rings (SSSR count). The fraction of sp³-hybridized carbons (Fsp3) is 0.348. The highest BCUT2D eigenvalue weighted by molar-refractivity contribution is 6.19. The molecule has 6 nitrogen and oxygen atoms in total. The molecule has 0 saturated carbocycles. The Labute approximate surface area is 182 Å². The zero-order valence-electron chi connectivity index (χ0n) is 17.9. The molecule has 0 fully saturated rings. The first-order valence-corrected chi connectivity index (χ1v) is 10.2. The van der Waals surface area contributed by atoms with Gasteiger partial charge in [-0.15, -0.1) is 11.6 Å². The van der Waals surface area contributed by atoms with Crippen LogP contribution in [0.4, 0.5) is 4.79 Å². The van der Waals surface area contributed by atoms with E-state index in [-0.39, 0.29) is 24.7 Å². The molecule has 1 unspecified atom stereocenters. The quantitative estimate of drug-likeness (QED) is 0.628. The number of amides is 2. The fourth-order valence-corrected chi connectivity index (χ4v) is 3.71. The number of alkyl carbamates (subject to hydrolysis) is 1. The fourth-order valence-electron chi connectivity index (χ4n) is 3.55. The molecule has 2 amide bonds. The van der Waals surface area contributed by atoms with Gasteiger partial charge in [-0.05, 0) is 36.1 Å². The van der Waals surface area contributed by atoms with E-state index in [9.17, 15) is 14.4 Å². The zero-order valence-corrected chi connectivity index (χ0v) is 17.6. The molecule has 7 heteroatoms. The number of carbonyl (C=O) groups excluding carboxylic acids is 3. The minimum atomic E-state index is -1.05. The highest BCUT2D eigenvalue weighted by atomic mass is 35.5. The molecule has 1 aliphatic rings. The van der Waals surface area contributed by atoms with Gasteiger partial charge in [-0.25, -0.2) is 4.79 Å². The van der Waals surface area contributed by atoms with Crippen molar-refractivity contribution in [1.82, 2.24) is 10.6 Å². The van der Waals surface area contributed by atoms with Crippen LogP contribution in [0.2, 0.25) is 0 Å². The van der Waals surface area contributed by atoms with Gasteiger partial charge in [0, 0.05) is 19.6 Å². The standard InChI is InChI=1S/C23H25ClN2O4/c1-14(21(27)11-12-24)25-22(28)15(2)26-23(29)30-13-20-18-9-5-3-7-16(18)17-8-4-6-10-19(17)20/h3-10,14-15,20H,11-13H2,1-2H3,(H,25,28)(H,26,29)/t14-,15-/m0/s1/i12D/t12?,14-,15-. The SMILES string of the molecule is [2H]C(Cl)CC(=O)[C@H](C)NC(=O)[C@H](C)NC(=O)OCC1c2ccccc2-c2ccccc21. The third-order valence-corrected chi connectivity index (χ3v) is 5.35. The molecule has 2 N–H and O–H groups in total. The lowest BCUT2D eigenvalue weighted by molar-refractivity contribution is -0.128. The zero-order chi connectivity index (χ0) is 22.5. The molecule has 0 radical (unpaired) electrons. The van der Waals surface area contributed by atoms with Gasteiger partial charge in [0.1, 0.15) is 12.6 Å². The summed E-state index contributed by atoms with van der Waals surface area (Å²) in [5, 5.41) is 5.00. The number of ether oxygens (including phenoxy) is 1. The summed E-state index contributed by atoms with van der Waals surface area (Å²) < 4.78 is 12.7. The minimum absolute atomic E-state index is 0.0757. The molecule has 1 aliphatic carbocycles. The lowest BCUT2D eigenvalue weighted by atomic mass is 9.98. The van der Waals surface area contributed by atoms with Crippen molar-refractivity contribution in [1.29, 1.82) is 0 Å². The Bertz CT molecular complexity index is 936. The number of benzene rings is 2. The molecule has 2 aromatic rings. The Balaban J connectivity index is 1.54. The summed E-state index contributed by atoms with van der Waals surface area (Å²) in [5.41, 5.74) is 4.46. The molecular formula is C23H25ClN2O4. The second kappa shape index (κ2) is 9.76. The summed E-state index contributed by atoms with van der Waals surface area (Å²) in [7, 11) is 0. The number of carbonyl (C=O) groups is 3. The molecule has 0 heterocycles. The maximum Gasteiger partial charge on any atom is 0.407 e. The summed E-state index contributed by atoms with van der Waals surface area (Å²) in [6.45, 7) is 3.16. The van der Waals surface area contributed by atoms with Crippen LogP contribution < -0.4 is 10.6 Å². The number of Topliss-reactive ketones (excluding diaryl/α,β-unsaturated/α-hetero) is 1. The van der Waals surface area contributed by atoms with Crippen LogP contribution in [-0.4, -0.2) is 42.3 Å². The smallest absolute Gasteiger partial charge is 0.407 e. The average molecular weight is 430 g/mol. The summed E-state index contributed by atoms with van der Waals surface area (Å²) in [6.07, 6.45) is -0.882. The van der Waals surface area contributed by atoms with Crippen LogP contribution in [0.3, 0.4) is 0 Å². The second-order valence-electron chi connectivity index (χ2n) is 7.25. The van der Waals surface area contributed by atoms with Gasteiger partial charge in [0.2, 0.25) is 5.91 Å². The molecule has 158 valence electrons. The monoisotopic (exact) mass is 429 g/mol. The lowest BCUT2D eigenvalue weighted by Crippen LogP contribution is -2.49. The van der Waals surface area contributed by atoms with Gasteiger partial charge in [0.15, 0.2) is 5.78 Å². The number of alkyl halides is 1. The van der Waals surface area contributed by atoms with E-state index >= 15 is 0 Å². The molecule has 0 bridgehead atoms. The Morgan fingerprint density at radius 2 is 1.57 bits per heavy atom. The molecule has 0 saturated heterocycles. The van der Waals surface area contributed by atoms with Gasteiger partial charge in [0.25, 0.3) is 0 Å². The van der Waals surface area contributed by atoms with Crippen molar-refractivity contribution < 1.29 is 20.5 Å². The highest BCUT2D eigenvalue weighted by Gasteiger charge is 2.29. The van der Waals surface area contributed by atoms with Crippen molar-refractivity contribution in [2.45, 2.75) is 38.3 Å². The van der Waals surface area contributed by atoms with Crippen LogP contribution in [0.1, 0.15) is 38.7 Å². The third-order valence-electron chi connectivity index (χ3n) is 5.19. The van der Waals surface area contributed by atoms with Crippen LogP contribution in [0.25, 0.3) is 11.1 Å². The van der Waals surface area contributed by atoms with Crippen molar-refractivity contribution in [3.63, 3.8) is 0 Å². The van der Waals surface area contributed by atoms with Gasteiger partial charge in [-0.1, -0.05) is 48.5 Å². The van der Waals surface area contributed by atoms with Crippen LogP contribution in [0.15, 0.2) is 48.5 Å². The summed E-state index contributed by atoms with van der Waals surface area (Å²) in [4.78, 5) is 36.4. The first-order valence-electron chi connectivity index (χ1n) is 10.4. The van der Waals surface area contributed by atoms with Crippen LogP contribution in [0, 0.1) is 0 Å². The molecule has 30 heavy (non-hydrogen) atoms. The van der Waals surface area contributed by atoms with Gasteiger partial charge >= 0.3 is 6.09 Å². The highest BCUT2D eigenvalue weighted by Crippen LogP contribution is 2.44. The first-order chi connectivity index (χ1) is 14.8. The number of hydrogen-bond acceptors (Lipinski definition) is 4. The predicted octanol–water partition coefficient (Wildman–Crippen LogP) is 3.62. The Kier molecular flexibility index (Phi) is 6.64. The van der Waals surface area contributed by atoms with E-state index in [1.165, 1.54) is 13.8 Å². The summed E-state index contributed by atoms with van der Waals surface area (Å²) in [6, 6.07) is 14.3. The maximum absolute atomic E-state index is 12.3. The normalized spacial score (nSPS) is 15.8. The first kappa shape index (κ1) is 20.4. The number of fused-ring (bicyclic) bond motifs is 3. The van der Waals surface area contributed by atoms with Gasteiger partial charge in [-0.3, -0.25) is 9.59 Å². The van der Waals surface area contributed by atoms with Crippen molar-refractivity contribution in [2.75, 3.05) is 12.5 Å². The topological polar surface area (TPSA) is 84.5 Å². The third kappa shape index (κ3) is 4.82. The van der Waals surface area contributed by atoms with E-state index < -0.39 is 29.9 Å². The maximum atomic E-state index is 12.3. The van der Waals surface area contributed by atoms with Crippen LogP contribution in [-0.2, 0) is 14.3 Å². The number of nitrogens with one attached hydrogen (secondary N) is 2. The molecule has 2 aromatic carbocycles. The van der Waals surface area contributed by atoms with Crippen LogP contribution >= 0.6 is 11.6 Å². The van der Waals surface area contributed by atoms with Gasteiger partial charge < -0.3 is 15.4 Å². The molecule has 0 aliphatic heterocycles. The number of ketones is 1. The Morgan fingerprint density at radius 1 is 1.00 bits per heavy atom. The number of halogens is 1. The summed E-state index contributed by atoms with van der Waals surface area (Å²) >= 11 is 5.50. The van der Waals surface area contributed by atoms with E-state index in [0.29, 0.717) is 0 Å². The largest absolute Gasteiger partial charge is 0.449 e. The van der Waals surface area contributed by atoms with Gasteiger partial charge in [0.05, 0.1) is 6.04 Å². The molecule has 3 atom stereocenters. The van der Waals surface area contributed by atoms with E-state index in [1.54, 1.807) is 0 Å². The predicted molar refractivity (Wildman–Crippen MR) is 116 cm³/mol. The van der Waals surface area contributed by atoms with Crippen molar-refractivity contribution in [3.8, 4) is 11.1 Å². The van der Waals surface area contributed by atoms with E-state index in [0.717, 1.165) is 22.3 Å².